The lowest BCUT2D eigenvalue weighted by Crippen LogP contribution is -2.47. The fraction of sp³-hybridized carbons (Fsp3) is 0.619. The van der Waals surface area contributed by atoms with E-state index in [0.29, 0.717) is 25.9 Å². The molecule has 1 aliphatic carbocycles. The molecule has 3 aliphatic rings. The van der Waals surface area contributed by atoms with Crippen molar-refractivity contribution in [1.82, 2.24) is 4.90 Å². The first-order chi connectivity index (χ1) is 13.4. The SMILES string of the molecule is N#Cc1cc(F)c(F)c(N2CCC3(CC2)CCN(C2CCC(O)CC2)C3=O)c1. The van der Waals surface area contributed by atoms with Crippen molar-refractivity contribution in [2.45, 2.75) is 57.1 Å². The average molecular weight is 389 g/mol. The minimum atomic E-state index is -1.02. The summed E-state index contributed by atoms with van der Waals surface area (Å²) in [5.41, 5.74) is -0.208. The van der Waals surface area contributed by atoms with Crippen LogP contribution < -0.4 is 4.90 Å². The third-order valence-electron chi connectivity index (χ3n) is 6.85. The minimum absolute atomic E-state index is 0.0943. The van der Waals surface area contributed by atoms with Crippen LogP contribution in [0.5, 0.6) is 0 Å². The summed E-state index contributed by atoms with van der Waals surface area (Å²) >= 11 is 0. The van der Waals surface area contributed by atoms with Crippen molar-refractivity contribution < 1.29 is 18.7 Å². The number of benzene rings is 1. The van der Waals surface area contributed by atoms with Gasteiger partial charge in [-0.3, -0.25) is 4.79 Å². The Balaban J connectivity index is 1.45. The second-order valence-electron chi connectivity index (χ2n) is 8.38. The molecular weight excluding hydrogens is 364 g/mol. The number of nitrogens with zero attached hydrogens (tertiary/aromatic N) is 3. The predicted octanol–water partition coefficient (Wildman–Crippen LogP) is 2.96. The Morgan fingerprint density at radius 3 is 2.36 bits per heavy atom. The van der Waals surface area contributed by atoms with Crippen LogP contribution in [-0.4, -0.2) is 47.7 Å². The lowest BCUT2D eigenvalue weighted by Gasteiger charge is -2.40. The van der Waals surface area contributed by atoms with Crippen LogP contribution in [0, 0.1) is 28.4 Å². The molecule has 1 amide bonds. The molecule has 0 atom stereocenters. The molecule has 150 valence electrons. The highest BCUT2D eigenvalue weighted by atomic mass is 19.2. The fourth-order valence-corrected chi connectivity index (χ4v) is 5.07. The van der Waals surface area contributed by atoms with E-state index < -0.39 is 17.0 Å². The highest BCUT2D eigenvalue weighted by Crippen LogP contribution is 2.44. The molecule has 1 spiro atoms. The summed E-state index contributed by atoms with van der Waals surface area (Å²) < 4.78 is 28.1. The Morgan fingerprint density at radius 2 is 1.71 bits per heavy atom. The Labute approximate surface area is 163 Å². The molecule has 2 saturated heterocycles. The standard InChI is InChI=1S/C21H25F2N3O2/c22-17-11-14(13-24)12-18(19(17)23)25-8-5-21(6-9-25)7-10-26(20(21)28)15-1-3-16(27)4-2-15/h11-12,15-16,27H,1-10H2. The number of carbonyl (C=O) groups is 1. The van der Waals surface area contributed by atoms with E-state index in [1.54, 1.807) is 4.90 Å². The van der Waals surface area contributed by atoms with Gasteiger partial charge in [0.2, 0.25) is 5.91 Å². The summed E-state index contributed by atoms with van der Waals surface area (Å²) in [6, 6.07) is 4.37. The molecule has 1 N–H and O–H groups in total. The molecule has 3 fully saturated rings. The van der Waals surface area contributed by atoms with Crippen molar-refractivity contribution in [1.29, 1.82) is 5.26 Å². The van der Waals surface area contributed by atoms with Crippen LogP contribution in [0.25, 0.3) is 0 Å². The maximum atomic E-state index is 14.3. The van der Waals surface area contributed by atoms with Gasteiger partial charge < -0.3 is 14.9 Å². The van der Waals surface area contributed by atoms with Gasteiger partial charge in [-0.2, -0.15) is 5.26 Å². The van der Waals surface area contributed by atoms with Crippen molar-refractivity contribution >= 4 is 11.6 Å². The van der Waals surface area contributed by atoms with Crippen molar-refractivity contribution in [2.75, 3.05) is 24.5 Å². The van der Waals surface area contributed by atoms with Gasteiger partial charge in [-0.15, -0.1) is 0 Å². The van der Waals surface area contributed by atoms with Crippen LogP contribution in [0.2, 0.25) is 0 Å². The molecule has 0 radical (unpaired) electrons. The molecule has 5 nitrogen and oxygen atoms in total. The third kappa shape index (κ3) is 3.24. The quantitative estimate of drug-likeness (QED) is 0.845. The Morgan fingerprint density at radius 1 is 1.07 bits per heavy atom. The minimum Gasteiger partial charge on any atom is -0.393 e. The van der Waals surface area contributed by atoms with E-state index in [4.69, 9.17) is 5.26 Å². The number of piperidine rings is 1. The van der Waals surface area contributed by atoms with E-state index in [-0.39, 0.29) is 29.3 Å². The first-order valence-electron chi connectivity index (χ1n) is 10.1. The summed E-state index contributed by atoms with van der Waals surface area (Å²) in [6.45, 7) is 1.68. The van der Waals surface area contributed by atoms with E-state index in [0.717, 1.165) is 44.7 Å². The van der Waals surface area contributed by atoms with Crippen LogP contribution in [0.15, 0.2) is 12.1 Å². The first-order valence-corrected chi connectivity index (χ1v) is 10.1. The van der Waals surface area contributed by atoms with Crippen molar-refractivity contribution in [2.24, 2.45) is 5.41 Å². The van der Waals surface area contributed by atoms with Gasteiger partial charge >= 0.3 is 0 Å². The summed E-state index contributed by atoms with van der Waals surface area (Å²) in [5.74, 6) is -1.77. The maximum Gasteiger partial charge on any atom is 0.229 e. The number of hydrogen-bond acceptors (Lipinski definition) is 4. The highest BCUT2D eigenvalue weighted by Gasteiger charge is 2.50. The molecule has 1 aromatic rings. The molecule has 1 saturated carbocycles. The zero-order valence-corrected chi connectivity index (χ0v) is 15.8. The molecule has 0 aromatic heterocycles. The Bertz CT molecular complexity index is 807. The zero-order chi connectivity index (χ0) is 19.9. The van der Waals surface area contributed by atoms with E-state index in [2.05, 4.69) is 0 Å². The van der Waals surface area contributed by atoms with Crippen molar-refractivity contribution in [3.05, 3.63) is 29.3 Å². The number of aliphatic hydroxyl groups excluding tert-OH is 1. The molecule has 1 aromatic carbocycles. The molecular formula is C21H25F2N3O2. The van der Waals surface area contributed by atoms with Gasteiger partial charge in [-0.25, -0.2) is 8.78 Å². The number of hydrogen-bond donors (Lipinski definition) is 1. The lowest BCUT2D eigenvalue weighted by molar-refractivity contribution is -0.139. The monoisotopic (exact) mass is 389 g/mol. The average Bonchev–Trinajstić information content (AvgIpc) is 3.01. The predicted molar refractivity (Wildman–Crippen MR) is 99.5 cm³/mol. The van der Waals surface area contributed by atoms with Crippen LogP contribution in [-0.2, 0) is 4.79 Å². The van der Waals surface area contributed by atoms with Gasteiger partial charge in [-0.05, 0) is 57.1 Å². The zero-order valence-electron chi connectivity index (χ0n) is 15.8. The van der Waals surface area contributed by atoms with Crippen LogP contribution >= 0.6 is 0 Å². The number of nitriles is 1. The smallest absolute Gasteiger partial charge is 0.229 e. The van der Waals surface area contributed by atoms with Gasteiger partial charge in [0.15, 0.2) is 11.6 Å². The number of halogens is 2. The van der Waals surface area contributed by atoms with Gasteiger partial charge in [-0.1, -0.05) is 0 Å². The second-order valence-corrected chi connectivity index (χ2v) is 8.38. The second kappa shape index (κ2) is 7.32. The summed E-state index contributed by atoms with van der Waals surface area (Å²) in [4.78, 5) is 16.9. The summed E-state index contributed by atoms with van der Waals surface area (Å²) in [5, 5.41) is 18.7. The largest absolute Gasteiger partial charge is 0.393 e. The summed E-state index contributed by atoms with van der Waals surface area (Å²) in [7, 11) is 0. The number of likely N-dealkylation sites (tertiary alicyclic amines) is 1. The maximum absolute atomic E-state index is 14.3. The molecule has 0 unspecified atom stereocenters. The number of anilines is 1. The highest BCUT2D eigenvalue weighted by molar-refractivity contribution is 5.85. The number of aliphatic hydroxyl groups is 1. The molecule has 2 aliphatic heterocycles. The number of rotatable bonds is 2. The molecule has 4 rings (SSSR count). The number of carbonyl (C=O) groups excluding carboxylic acids is 1. The van der Waals surface area contributed by atoms with E-state index >= 15 is 0 Å². The van der Waals surface area contributed by atoms with Crippen molar-refractivity contribution in [3.8, 4) is 6.07 Å². The van der Waals surface area contributed by atoms with Crippen molar-refractivity contribution in [3.63, 3.8) is 0 Å². The molecule has 0 bridgehead atoms. The van der Waals surface area contributed by atoms with E-state index in [9.17, 15) is 18.7 Å². The van der Waals surface area contributed by atoms with Gasteiger partial charge in [0.25, 0.3) is 0 Å². The van der Waals surface area contributed by atoms with Crippen LogP contribution in [0.4, 0.5) is 14.5 Å². The Kier molecular flexibility index (Phi) is 5.00. The van der Waals surface area contributed by atoms with E-state index in [1.807, 2.05) is 11.0 Å². The van der Waals surface area contributed by atoms with Crippen LogP contribution in [0.1, 0.15) is 50.5 Å². The Hall–Kier alpha value is -2.20. The van der Waals surface area contributed by atoms with Gasteiger partial charge in [0.1, 0.15) is 0 Å². The molecule has 28 heavy (non-hydrogen) atoms. The van der Waals surface area contributed by atoms with Crippen LogP contribution in [0.3, 0.4) is 0 Å². The molecule has 7 heteroatoms. The van der Waals surface area contributed by atoms with Gasteiger partial charge in [0.05, 0.1) is 28.8 Å². The molecule has 2 heterocycles. The summed E-state index contributed by atoms with van der Waals surface area (Å²) in [6.07, 6.45) is 4.95. The fourth-order valence-electron chi connectivity index (χ4n) is 5.07. The normalized spacial score (nSPS) is 27.3. The van der Waals surface area contributed by atoms with E-state index in [1.165, 1.54) is 6.07 Å². The van der Waals surface area contributed by atoms with Gasteiger partial charge in [0, 0.05) is 25.7 Å². The first kappa shape index (κ1) is 19.1. The topological polar surface area (TPSA) is 67.6 Å². The number of amides is 1. The lowest BCUT2D eigenvalue weighted by atomic mass is 9.77. The third-order valence-corrected chi connectivity index (χ3v) is 6.85.